The zero-order valence-electron chi connectivity index (χ0n) is 24.0. The molecule has 10 heteroatoms. The summed E-state index contributed by atoms with van der Waals surface area (Å²) in [4.78, 5) is 29.4. The van der Waals surface area contributed by atoms with Crippen LogP contribution in [0.4, 0.5) is 5.69 Å². The number of carbonyl (C=O) groups excluding carboxylic acids is 2. The Bertz CT molecular complexity index is 1480. The number of nitrogens with zero attached hydrogens (tertiary/aromatic N) is 2. The predicted molar refractivity (Wildman–Crippen MR) is 167 cm³/mol. The van der Waals surface area contributed by atoms with Gasteiger partial charge >= 0.3 is 0 Å². The second-order valence-corrected chi connectivity index (χ2v) is 13.1. The van der Waals surface area contributed by atoms with Crippen LogP contribution < -0.4 is 9.62 Å². The first kappa shape index (κ1) is 32.4. The Labute approximate surface area is 253 Å². The molecule has 0 saturated heterocycles. The molecule has 2 atom stereocenters. The van der Waals surface area contributed by atoms with Gasteiger partial charge in [0.05, 0.1) is 11.9 Å². The SMILES string of the molecule is CCC(C)NC(=O)C(Cc1ccccc1)N(Cc1ccc(Cl)cc1Cl)C(=O)CN(c1cc(C)ccc1C)S(C)(=O)=O. The number of carbonyl (C=O) groups is 2. The van der Waals surface area contributed by atoms with E-state index in [9.17, 15) is 18.0 Å². The lowest BCUT2D eigenvalue weighted by Gasteiger charge is -2.34. The highest BCUT2D eigenvalue weighted by Gasteiger charge is 2.34. The predicted octanol–water partition coefficient (Wildman–Crippen LogP) is 5.93. The molecule has 0 aliphatic heterocycles. The summed E-state index contributed by atoms with van der Waals surface area (Å²) in [5.41, 5.74) is 3.40. The van der Waals surface area contributed by atoms with Crippen LogP contribution in [0.3, 0.4) is 0 Å². The summed E-state index contributed by atoms with van der Waals surface area (Å²) in [7, 11) is -3.86. The third-order valence-electron chi connectivity index (χ3n) is 6.94. The van der Waals surface area contributed by atoms with Crippen LogP contribution in [-0.2, 0) is 32.6 Å². The molecule has 0 spiro atoms. The number of nitrogens with one attached hydrogen (secondary N) is 1. The van der Waals surface area contributed by atoms with E-state index in [1.54, 1.807) is 31.2 Å². The first-order chi connectivity index (χ1) is 19.3. The average molecular weight is 619 g/mol. The van der Waals surface area contributed by atoms with Crippen molar-refractivity contribution >= 4 is 50.7 Å². The summed E-state index contributed by atoms with van der Waals surface area (Å²) in [5, 5.41) is 3.78. The van der Waals surface area contributed by atoms with Gasteiger partial charge in [-0.25, -0.2) is 8.42 Å². The van der Waals surface area contributed by atoms with Crippen molar-refractivity contribution in [1.29, 1.82) is 0 Å². The molecule has 3 rings (SSSR count). The van der Waals surface area contributed by atoms with Crippen LogP contribution >= 0.6 is 23.2 Å². The van der Waals surface area contributed by atoms with Crippen LogP contribution in [0.1, 0.15) is 42.5 Å². The van der Waals surface area contributed by atoms with E-state index in [1.165, 1.54) is 4.90 Å². The summed E-state index contributed by atoms with van der Waals surface area (Å²) in [6.07, 6.45) is 2.00. The lowest BCUT2D eigenvalue weighted by atomic mass is 10.0. The van der Waals surface area contributed by atoms with Crippen LogP contribution in [0.15, 0.2) is 66.7 Å². The van der Waals surface area contributed by atoms with Gasteiger partial charge in [0, 0.05) is 29.1 Å². The number of amides is 2. The third kappa shape index (κ3) is 8.96. The van der Waals surface area contributed by atoms with Gasteiger partial charge in [-0.15, -0.1) is 0 Å². The third-order valence-corrected chi connectivity index (χ3v) is 8.65. The highest BCUT2D eigenvalue weighted by Crippen LogP contribution is 2.27. The van der Waals surface area contributed by atoms with Crippen LogP contribution in [0, 0.1) is 13.8 Å². The molecule has 7 nitrogen and oxygen atoms in total. The molecule has 0 radical (unpaired) electrons. The van der Waals surface area contributed by atoms with Crippen LogP contribution in [0.25, 0.3) is 0 Å². The molecule has 220 valence electrons. The molecule has 0 aromatic heterocycles. The molecule has 3 aromatic rings. The monoisotopic (exact) mass is 617 g/mol. The van der Waals surface area contributed by atoms with Gasteiger partial charge in [-0.05, 0) is 67.6 Å². The standard InChI is InChI=1S/C31H37Cl2N3O4S/c1-6-23(4)34-31(38)29(17-24-10-8-7-9-11-24)35(19-25-14-15-26(32)18-27(25)33)30(37)20-36(41(5,39)40)28-16-21(2)12-13-22(28)3/h7-16,18,23,29H,6,17,19-20H2,1-5H3,(H,34,38). The maximum Gasteiger partial charge on any atom is 0.244 e. The number of rotatable bonds is 12. The van der Waals surface area contributed by atoms with Crippen LogP contribution in [0.5, 0.6) is 0 Å². The van der Waals surface area contributed by atoms with E-state index in [-0.39, 0.29) is 24.9 Å². The van der Waals surface area contributed by atoms with E-state index in [1.807, 2.05) is 63.2 Å². The summed E-state index contributed by atoms with van der Waals surface area (Å²) in [6.45, 7) is 6.99. The zero-order valence-corrected chi connectivity index (χ0v) is 26.4. The maximum atomic E-state index is 14.2. The van der Waals surface area contributed by atoms with E-state index in [0.29, 0.717) is 33.3 Å². The summed E-state index contributed by atoms with van der Waals surface area (Å²) in [6, 6.07) is 18.7. The van der Waals surface area contributed by atoms with Gasteiger partial charge in [-0.1, -0.05) is 78.7 Å². The van der Waals surface area contributed by atoms with Crippen molar-refractivity contribution in [2.75, 3.05) is 17.1 Å². The second-order valence-electron chi connectivity index (χ2n) is 10.3. The second kappa shape index (κ2) is 14.2. The van der Waals surface area contributed by atoms with Crippen LogP contribution in [0.2, 0.25) is 10.0 Å². The molecule has 1 N–H and O–H groups in total. The molecule has 3 aromatic carbocycles. The van der Waals surface area contributed by atoms with Crippen molar-refractivity contribution < 1.29 is 18.0 Å². The number of benzene rings is 3. The Morgan fingerprint density at radius 1 is 0.976 bits per heavy atom. The topological polar surface area (TPSA) is 86.8 Å². The fourth-order valence-electron chi connectivity index (χ4n) is 4.41. The minimum atomic E-state index is -3.86. The molecule has 0 aliphatic rings. The van der Waals surface area contributed by atoms with Crippen molar-refractivity contribution in [3.63, 3.8) is 0 Å². The zero-order chi connectivity index (χ0) is 30.3. The van der Waals surface area contributed by atoms with E-state index < -0.39 is 28.5 Å². The van der Waals surface area contributed by atoms with E-state index >= 15 is 0 Å². The molecule has 0 heterocycles. The number of anilines is 1. The Morgan fingerprint density at radius 3 is 2.27 bits per heavy atom. The number of hydrogen-bond acceptors (Lipinski definition) is 4. The van der Waals surface area contributed by atoms with Crippen molar-refractivity contribution in [3.05, 3.63) is 99.0 Å². The van der Waals surface area contributed by atoms with Crippen molar-refractivity contribution in [3.8, 4) is 0 Å². The summed E-state index contributed by atoms with van der Waals surface area (Å²) >= 11 is 12.6. The minimum absolute atomic E-state index is 0.0232. The number of halogens is 2. The minimum Gasteiger partial charge on any atom is -0.352 e. The highest BCUT2D eigenvalue weighted by molar-refractivity contribution is 7.92. The molecular weight excluding hydrogens is 581 g/mol. The van der Waals surface area contributed by atoms with Gasteiger partial charge < -0.3 is 10.2 Å². The van der Waals surface area contributed by atoms with Crippen molar-refractivity contribution in [1.82, 2.24) is 10.2 Å². The molecule has 0 fully saturated rings. The van der Waals surface area contributed by atoms with Gasteiger partial charge in [0.2, 0.25) is 21.8 Å². The number of aryl methyl sites for hydroxylation is 2. The van der Waals surface area contributed by atoms with E-state index in [0.717, 1.165) is 21.7 Å². The maximum absolute atomic E-state index is 14.2. The average Bonchev–Trinajstić information content (AvgIpc) is 2.91. The quantitative estimate of drug-likeness (QED) is 0.273. The largest absolute Gasteiger partial charge is 0.352 e. The Kier molecular flexibility index (Phi) is 11.2. The number of hydrogen-bond donors (Lipinski definition) is 1. The normalized spacial score (nSPS) is 12.9. The lowest BCUT2D eigenvalue weighted by Crippen LogP contribution is -2.54. The van der Waals surface area contributed by atoms with Crippen LogP contribution in [-0.4, -0.2) is 50.0 Å². The van der Waals surface area contributed by atoms with Crippen molar-refractivity contribution in [2.24, 2.45) is 0 Å². The van der Waals surface area contributed by atoms with E-state index in [4.69, 9.17) is 23.2 Å². The van der Waals surface area contributed by atoms with Gasteiger partial charge in [-0.2, -0.15) is 0 Å². The lowest BCUT2D eigenvalue weighted by molar-refractivity contribution is -0.140. The van der Waals surface area contributed by atoms with E-state index in [2.05, 4.69) is 5.32 Å². The highest BCUT2D eigenvalue weighted by atomic mass is 35.5. The smallest absolute Gasteiger partial charge is 0.244 e. The summed E-state index contributed by atoms with van der Waals surface area (Å²) in [5.74, 6) is -0.873. The van der Waals surface area contributed by atoms with Gasteiger partial charge in [0.25, 0.3) is 0 Å². The molecule has 2 amide bonds. The van der Waals surface area contributed by atoms with Gasteiger partial charge in [0.15, 0.2) is 0 Å². The Morgan fingerprint density at radius 2 is 1.66 bits per heavy atom. The Balaban J connectivity index is 2.12. The number of sulfonamides is 1. The summed E-state index contributed by atoms with van der Waals surface area (Å²) < 4.78 is 27.1. The molecule has 2 unspecified atom stereocenters. The molecule has 41 heavy (non-hydrogen) atoms. The first-order valence-electron chi connectivity index (χ1n) is 13.4. The first-order valence-corrected chi connectivity index (χ1v) is 16.0. The molecule has 0 aliphatic carbocycles. The Hall–Kier alpha value is -3.07. The molecular formula is C31H37Cl2N3O4S. The fraction of sp³-hybridized carbons (Fsp3) is 0.355. The molecule has 0 bridgehead atoms. The molecule has 0 saturated carbocycles. The van der Waals surface area contributed by atoms with Crippen molar-refractivity contribution in [2.45, 2.75) is 59.2 Å². The van der Waals surface area contributed by atoms with Gasteiger partial charge in [0.1, 0.15) is 12.6 Å². The fourth-order valence-corrected chi connectivity index (χ4v) is 5.78. The van der Waals surface area contributed by atoms with Gasteiger partial charge in [-0.3, -0.25) is 13.9 Å².